The fourth-order valence-corrected chi connectivity index (χ4v) is 2.33. The highest BCUT2D eigenvalue weighted by Crippen LogP contribution is 2.35. The Kier molecular flexibility index (Phi) is 2.80. The Hall–Kier alpha value is -1.81. The summed E-state index contributed by atoms with van der Waals surface area (Å²) in [7, 11) is 0. The number of benzene rings is 1. The third kappa shape index (κ3) is 1.99. The van der Waals surface area contributed by atoms with E-state index >= 15 is 0 Å². The normalized spacial score (nSPS) is 14.9. The third-order valence-corrected chi connectivity index (χ3v) is 3.33. The molecule has 2 aromatic rings. The van der Waals surface area contributed by atoms with Crippen LogP contribution in [0.25, 0.3) is 10.8 Å². The molecule has 1 saturated carbocycles. The fraction of sp³-hybridized carbons (Fsp3) is 0.357. The summed E-state index contributed by atoms with van der Waals surface area (Å²) in [6.07, 6.45) is 4.08. The number of pyridine rings is 1. The molecule has 0 amide bonds. The van der Waals surface area contributed by atoms with Crippen molar-refractivity contribution in [3.05, 3.63) is 30.5 Å². The van der Waals surface area contributed by atoms with E-state index in [0.29, 0.717) is 12.6 Å². The van der Waals surface area contributed by atoms with Crippen molar-refractivity contribution in [2.45, 2.75) is 18.9 Å². The van der Waals surface area contributed by atoms with Gasteiger partial charge in [-0.2, -0.15) is 0 Å². The fourth-order valence-electron chi connectivity index (χ4n) is 2.33. The number of phenolic OH excluding ortho intramolecular Hbond substituents is 1. The highest BCUT2D eigenvalue weighted by molar-refractivity contribution is 5.93. The average Bonchev–Trinajstić information content (AvgIpc) is 3.20. The van der Waals surface area contributed by atoms with Crippen LogP contribution in [0.15, 0.2) is 30.5 Å². The number of hydrogen-bond acceptors (Lipinski definition) is 4. The molecular formula is C14H16N2O2. The van der Waals surface area contributed by atoms with Crippen LogP contribution in [-0.2, 0) is 0 Å². The van der Waals surface area contributed by atoms with E-state index in [1.165, 1.54) is 0 Å². The average molecular weight is 244 g/mol. The summed E-state index contributed by atoms with van der Waals surface area (Å²) in [6.45, 7) is 0.708. The molecule has 2 N–H and O–H groups in total. The molecule has 0 atom stereocenters. The van der Waals surface area contributed by atoms with Crippen LogP contribution in [0, 0.1) is 0 Å². The number of fused-ring (bicyclic) bond motifs is 1. The van der Waals surface area contributed by atoms with Gasteiger partial charge < -0.3 is 15.1 Å². The van der Waals surface area contributed by atoms with E-state index in [2.05, 4.69) is 9.88 Å². The Bertz CT molecular complexity index is 567. The van der Waals surface area contributed by atoms with Gasteiger partial charge in [0.05, 0.1) is 6.61 Å². The summed E-state index contributed by atoms with van der Waals surface area (Å²) in [5.74, 6) is 1.11. The number of hydrogen-bond donors (Lipinski definition) is 2. The Morgan fingerprint density at radius 2 is 2.11 bits per heavy atom. The van der Waals surface area contributed by atoms with Gasteiger partial charge >= 0.3 is 0 Å². The summed E-state index contributed by atoms with van der Waals surface area (Å²) in [5, 5.41) is 20.8. The van der Waals surface area contributed by atoms with Gasteiger partial charge in [-0.15, -0.1) is 0 Å². The van der Waals surface area contributed by atoms with Gasteiger partial charge in [0, 0.05) is 24.2 Å². The zero-order valence-electron chi connectivity index (χ0n) is 10.1. The van der Waals surface area contributed by atoms with Crippen molar-refractivity contribution in [1.29, 1.82) is 0 Å². The second kappa shape index (κ2) is 4.46. The first-order valence-corrected chi connectivity index (χ1v) is 6.25. The SMILES string of the molecule is OCCN(c1nccc2ccc(O)cc12)C1CC1. The lowest BCUT2D eigenvalue weighted by Crippen LogP contribution is -2.29. The standard InChI is InChI=1S/C14H16N2O2/c17-8-7-16(11-2-3-11)14-13-9-12(18)4-1-10(13)5-6-15-14/h1,4-6,9,11,17-18H,2-3,7-8H2. The molecule has 1 aliphatic carbocycles. The molecule has 18 heavy (non-hydrogen) atoms. The molecule has 4 nitrogen and oxygen atoms in total. The van der Waals surface area contributed by atoms with Gasteiger partial charge in [-0.05, 0) is 36.4 Å². The van der Waals surface area contributed by atoms with Crippen molar-refractivity contribution < 1.29 is 10.2 Å². The molecule has 3 rings (SSSR count). The van der Waals surface area contributed by atoms with Crippen LogP contribution in [0.3, 0.4) is 0 Å². The van der Waals surface area contributed by atoms with Crippen LogP contribution < -0.4 is 4.90 Å². The predicted octanol–water partition coefficient (Wildman–Crippen LogP) is 1.90. The van der Waals surface area contributed by atoms with Crippen LogP contribution in [-0.4, -0.2) is 34.4 Å². The highest BCUT2D eigenvalue weighted by Gasteiger charge is 2.30. The monoisotopic (exact) mass is 244 g/mol. The van der Waals surface area contributed by atoms with E-state index in [9.17, 15) is 10.2 Å². The summed E-state index contributed by atoms with van der Waals surface area (Å²) in [4.78, 5) is 6.57. The molecule has 1 fully saturated rings. The zero-order chi connectivity index (χ0) is 12.5. The quantitative estimate of drug-likeness (QED) is 0.862. The number of aromatic nitrogens is 1. The summed E-state index contributed by atoms with van der Waals surface area (Å²) < 4.78 is 0. The van der Waals surface area contributed by atoms with Gasteiger partial charge in [-0.3, -0.25) is 0 Å². The number of anilines is 1. The van der Waals surface area contributed by atoms with Gasteiger partial charge in [0.2, 0.25) is 0 Å². The van der Waals surface area contributed by atoms with Gasteiger partial charge in [-0.25, -0.2) is 4.98 Å². The number of rotatable bonds is 4. The van der Waals surface area contributed by atoms with Crippen molar-refractivity contribution in [2.24, 2.45) is 0 Å². The molecule has 1 aliphatic rings. The minimum atomic E-state index is 0.118. The van der Waals surface area contributed by atoms with E-state index < -0.39 is 0 Å². The summed E-state index contributed by atoms with van der Waals surface area (Å²) in [6, 6.07) is 7.73. The number of phenols is 1. The minimum Gasteiger partial charge on any atom is -0.508 e. The van der Waals surface area contributed by atoms with E-state index in [-0.39, 0.29) is 12.4 Å². The Morgan fingerprint density at radius 1 is 1.28 bits per heavy atom. The number of nitrogens with zero attached hydrogens (tertiary/aromatic N) is 2. The van der Waals surface area contributed by atoms with Crippen molar-refractivity contribution in [3.63, 3.8) is 0 Å². The summed E-state index contributed by atoms with van der Waals surface area (Å²) >= 11 is 0. The number of aliphatic hydroxyl groups excluding tert-OH is 1. The topological polar surface area (TPSA) is 56.6 Å². The van der Waals surface area contributed by atoms with Crippen molar-refractivity contribution in [2.75, 3.05) is 18.1 Å². The van der Waals surface area contributed by atoms with Crippen LogP contribution in [0.1, 0.15) is 12.8 Å². The van der Waals surface area contributed by atoms with Gasteiger partial charge in [0.15, 0.2) is 0 Å². The van der Waals surface area contributed by atoms with E-state index in [1.807, 2.05) is 12.1 Å². The van der Waals surface area contributed by atoms with Crippen molar-refractivity contribution >= 4 is 16.6 Å². The molecule has 0 unspecified atom stereocenters. The molecule has 1 aromatic heterocycles. The van der Waals surface area contributed by atoms with Crippen molar-refractivity contribution in [3.8, 4) is 5.75 Å². The first-order chi connectivity index (χ1) is 8.79. The largest absolute Gasteiger partial charge is 0.508 e. The van der Waals surface area contributed by atoms with Gasteiger partial charge in [-0.1, -0.05) is 6.07 Å². The lowest BCUT2D eigenvalue weighted by atomic mass is 10.1. The maximum atomic E-state index is 9.62. The molecule has 0 spiro atoms. The first-order valence-electron chi connectivity index (χ1n) is 6.25. The van der Waals surface area contributed by atoms with Crippen molar-refractivity contribution in [1.82, 2.24) is 4.98 Å². The van der Waals surface area contributed by atoms with Gasteiger partial charge in [0.25, 0.3) is 0 Å². The summed E-state index contributed by atoms with van der Waals surface area (Å²) in [5.41, 5.74) is 0. The van der Waals surface area contributed by atoms with E-state index in [4.69, 9.17) is 0 Å². The molecular weight excluding hydrogens is 228 g/mol. The smallest absolute Gasteiger partial charge is 0.136 e. The molecule has 0 aliphatic heterocycles. The maximum absolute atomic E-state index is 9.62. The minimum absolute atomic E-state index is 0.118. The zero-order valence-corrected chi connectivity index (χ0v) is 10.1. The first kappa shape index (κ1) is 11.3. The highest BCUT2D eigenvalue weighted by atomic mass is 16.3. The van der Waals surface area contributed by atoms with E-state index in [0.717, 1.165) is 29.4 Å². The second-order valence-electron chi connectivity index (χ2n) is 4.69. The van der Waals surface area contributed by atoms with Crippen LogP contribution in [0.4, 0.5) is 5.82 Å². The molecule has 1 heterocycles. The molecule has 4 heteroatoms. The Morgan fingerprint density at radius 3 is 2.83 bits per heavy atom. The number of aromatic hydroxyl groups is 1. The van der Waals surface area contributed by atoms with E-state index in [1.54, 1.807) is 18.3 Å². The molecule has 0 bridgehead atoms. The van der Waals surface area contributed by atoms with Crippen LogP contribution in [0.5, 0.6) is 5.75 Å². The second-order valence-corrected chi connectivity index (χ2v) is 4.69. The molecule has 0 saturated heterocycles. The van der Waals surface area contributed by atoms with Crippen LogP contribution in [0.2, 0.25) is 0 Å². The number of aliphatic hydroxyl groups is 1. The Balaban J connectivity index is 2.11. The molecule has 0 radical (unpaired) electrons. The Labute approximate surface area is 105 Å². The lowest BCUT2D eigenvalue weighted by molar-refractivity contribution is 0.301. The predicted molar refractivity (Wildman–Crippen MR) is 70.9 cm³/mol. The van der Waals surface area contributed by atoms with Gasteiger partial charge in [0.1, 0.15) is 11.6 Å². The molecule has 1 aromatic carbocycles. The third-order valence-electron chi connectivity index (χ3n) is 3.33. The maximum Gasteiger partial charge on any atom is 0.136 e. The lowest BCUT2D eigenvalue weighted by Gasteiger charge is -2.23. The molecule has 94 valence electrons. The van der Waals surface area contributed by atoms with Crippen LogP contribution >= 0.6 is 0 Å².